The summed E-state index contributed by atoms with van der Waals surface area (Å²) in [7, 11) is 1.99. The van der Waals surface area contributed by atoms with Crippen LogP contribution in [0, 0.1) is 0 Å². The minimum absolute atomic E-state index is 0.360. The van der Waals surface area contributed by atoms with Crippen molar-refractivity contribution < 1.29 is 4.42 Å². The van der Waals surface area contributed by atoms with Crippen molar-refractivity contribution in [1.29, 1.82) is 0 Å². The summed E-state index contributed by atoms with van der Waals surface area (Å²) in [5.74, 6) is 0. The summed E-state index contributed by atoms with van der Waals surface area (Å²) >= 11 is 0. The van der Waals surface area contributed by atoms with E-state index >= 15 is 0 Å². The van der Waals surface area contributed by atoms with Gasteiger partial charge < -0.3 is 9.73 Å². The Morgan fingerprint density at radius 3 is 2.94 bits per heavy atom. The van der Waals surface area contributed by atoms with Crippen LogP contribution in [0.5, 0.6) is 0 Å². The number of hydrogen-bond donors (Lipinski definition) is 1. The van der Waals surface area contributed by atoms with Gasteiger partial charge in [-0.3, -0.25) is 4.68 Å². The molecule has 2 heterocycles. The predicted molar refractivity (Wildman–Crippen MR) is 71.3 cm³/mol. The molecule has 2 rings (SSSR count). The highest BCUT2D eigenvalue weighted by Crippen LogP contribution is 2.19. The fourth-order valence-electron chi connectivity index (χ4n) is 2.12. The maximum absolute atomic E-state index is 5.18. The Morgan fingerprint density at radius 2 is 2.33 bits per heavy atom. The van der Waals surface area contributed by atoms with Gasteiger partial charge >= 0.3 is 0 Å². The van der Waals surface area contributed by atoms with E-state index in [9.17, 15) is 0 Å². The van der Waals surface area contributed by atoms with Crippen molar-refractivity contribution in [2.24, 2.45) is 7.05 Å². The molecule has 0 aromatic carbocycles. The minimum Gasteiger partial charge on any atom is -0.472 e. The molecule has 0 amide bonds. The molecule has 1 unspecified atom stereocenters. The van der Waals surface area contributed by atoms with E-state index in [0.717, 1.165) is 25.8 Å². The molecule has 0 radical (unpaired) electrons. The van der Waals surface area contributed by atoms with Crippen molar-refractivity contribution in [2.75, 3.05) is 6.54 Å². The first kappa shape index (κ1) is 12.9. The van der Waals surface area contributed by atoms with E-state index in [1.165, 1.54) is 11.3 Å². The Hall–Kier alpha value is -1.55. The first-order chi connectivity index (χ1) is 8.81. The number of aromatic nitrogens is 2. The van der Waals surface area contributed by atoms with Crippen LogP contribution in [0.1, 0.15) is 37.1 Å². The van der Waals surface area contributed by atoms with Crippen LogP contribution in [0.4, 0.5) is 0 Å². The van der Waals surface area contributed by atoms with Crippen molar-refractivity contribution >= 4 is 0 Å². The van der Waals surface area contributed by atoms with Gasteiger partial charge in [-0.05, 0) is 37.9 Å². The molecule has 18 heavy (non-hydrogen) atoms. The molecule has 0 aliphatic rings. The molecule has 2 aromatic rings. The van der Waals surface area contributed by atoms with Crippen molar-refractivity contribution in [1.82, 2.24) is 15.1 Å². The lowest BCUT2D eigenvalue weighted by molar-refractivity contribution is 0.482. The van der Waals surface area contributed by atoms with E-state index in [0.29, 0.717) is 6.04 Å². The van der Waals surface area contributed by atoms with Crippen LogP contribution >= 0.6 is 0 Å². The van der Waals surface area contributed by atoms with Gasteiger partial charge in [-0.15, -0.1) is 0 Å². The Labute approximate surface area is 108 Å². The second-order valence-electron chi connectivity index (χ2n) is 4.55. The average Bonchev–Trinajstić information content (AvgIpc) is 3.01. The minimum atomic E-state index is 0.360. The zero-order valence-electron chi connectivity index (χ0n) is 11.1. The van der Waals surface area contributed by atoms with Gasteiger partial charge in [0.05, 0.1) is 12.5 Å². The van der Waals surface area contributed by atoms with Gasteiger partial charge in [-0.2, -0.15) is 5.10 Å². The Balaban J connectivity index is 1.95. The van der Waals surface area contributed by atoms with Crippen LogP contribution in [0.25, 0.3) is 0 Å². The third-order valence-electron chi connectivity index (χ3n) is 3.20. The summed E-state index contributed by atoms with van der Waals surface area (Å²) in [5.41, 5.74) is 2.49. The number of nitrogens with one attached hydrogen (secondary N) is 1. The van der Waals surface area contributed by atoms with Crippen LogP contribution < -0.4 is 5.32 Å². The molecule has 0 fully saturated rings. The third-order valence-corrected chi connectivity index (χ3v) is 3.20. The van der Waals surface area contributed by atoms with Crippen molar-refractivity contribution in [3.8, 4) is 0 Å². The molecular weight excluding hydrogens is 226 g/mol. The van der Waals surface area contributed by atoms with E-state index < -0.39 is 0 Å². The Morgan fingerprint density at radius 1 is 1.44 bits per heavy atom. The number of nitrogens with zero attached hydrogens (tertiary/aromatic N) is 2. The summed E-state index contributed by atoms with van der Waals surface area (Å²) in [5, 5.41) is 7.76. The molecule has 98 valence electrons. The van der Waals surface area contributed by atoms with Gasteiger partial charge in [-0.25, -0.2) is 0 Å². The lowest BCUT2D eigenvalue weighted by atomic mass is 10.0. The molecule has 0 bridgehead atoms. The Kier molecular flexibility index (Phi) is 4.59. The van der Waals surface area contributed by atoms with Crippen molar-refractivity contribution in [3.63, 3.8) is 0 Å². The molecule has 0 spiro atoms. The van der Waals surface area contributed by atoms with E-state index in [2.05, 4.69) is 23.4 Å². The lowest BCUT2D eigenvalue weighted by Crippen LogP contribution is -2.22. The number of furan rings is 1. The van der Waals surface area contributed by atoms with E-state index in [-0.39, 0.29) is 0 Å². The predicted octanol–water partition coefficient (Wildman–Crippen LogP) is 2.69. The summed E-state index contributed by atoms with van der Waals surface area (Å²) in [6.45, 7) is 3.21. The number of hydrogen-bond acceptors (Lipinski definition) is 3. The van der Waals surface area contributed by atoms with Crippen LogP contribution in [0.3, 0.4) is 0 Å². The third kappa shape index (κ3) is 3.23. The molecule has 0 aliphatic heterocycles. The second-order valence-corrected chi connectivity index (χ2v) is 4.55. The van der Waals surface area contributed by atoms with Crippen LogP contribution in [0.2, 0.25) is 0 Å². The molecule has 1 N–H and O–H groups in total. The van der Waals surface area contributed by atoms with Gasteiger partial charge in [0.1, 0.15) is 0 Å². The van der Waals surface area contributed by atoms with Crippen LogP contribution in [-0.4, -0.2) is 16.3 Å². The van der Waals surface area contributed by atoms with Crippen LogP contribution in [0.15, 0.2) is 35.3 Å². The largest absolute Gasteiger partial charge is 0.472 e. The van der Waals surface area contributed by atoms with E-state index in [1.807, 2.05) is 30.3 Å². The monoisotopic (exact) mass is 247 g/mol. The first-order valence-electron chi connectivity index (χ1n) is 6.53. The highest BCUT2D eigenvalue weighted by Gasteiger charge is 2.12. The van der Waals surface area contributed by atoms with Gasteiger partial charge in [0, 0.05) is 30.5 Å². The second kappa shape index (κ2) is 6.40. The van der Waals surface area contributed by atoms with Gasteiger partial charge in [0.25, 0.3) is 0 Å². The first-order valence-corrected chi connectivity index (χ1v) is 6.53. The maximum atomic E-state index is 5.18. The number of aryl methyl sites for hydroxylation is 2. The fraction of sp³-hybridized carbons (Fsp3) is 0.500. The summed E-state index contributed by atoms with van der Waals surface area (Å²) < 4.78 is 7.12. The molecule has 2 aromatic heterocycles. The van der Waals surface area contributed by atoms with E-state index in [1.54, 1.807) is 6.26 Å². The molecule has 0 saturated carbocycles. The normalized spacial score (nSPS) is 12.8. The quantitative estimate of drug-likeness (QED) is 0.818. The Bertz CT molecular complexity index is 447. The maximum Gasteiger partial charge on any atom is 0.0950 e. The molecule has 1 atom stereocenters. The molecule has 4 nitrogen and oxygen atoms in total. The summed E-state index contributed by atoms with van der Waals surface area (Å²) in [4.78, 5) is 0. The van der Waals surface area contributed by atoms with Crippen molar-refractivity contribution in [2.45, 2.75) is 32.2 Å². The topological polar surface area (TPSA) is 43.0 Å². The smallest absolute Gasteiger partial charge is 0.0950 e. The standard InChI is InChI=1S/C14H21N3O/c1-3-8-15-14(12-7-10-18-11-12)5-4-13-6-9-16-17(13)2/h6-7,9-11,14-15H,3-5,8H2,1-2H3. The van der Waals surface area contributed by atoms with Gasteiger partial charge in [-0.1, -0.05) is 6.92 Å². The molecular formula is C14H21N3O. The van der Waals surface area contributed by atoms with Crippen LogP contribution in [-0.2, 0) is 13.5 Å². The van der Waals surface area contributed by atoms with Crippen molar-refractivity contribution in [3.05, 3.63) is 42.1 Å². The zero-order valence-corrected chi connectivity index (χ0v) is 11.1. The average molecular weight is 247 g/mol. The zero-order chi connectivity index (χ0) is 12.8. The summed E-state index contributed by atoms with van der Waals surface area (Å²) in [6.07, 6.45) is 8.63. The van der Waals surface area contributed by atoms with Gasteiger partial charge in [0.2, 0.25) is 0 Å². The van der Waals surface area contributed by atoms with Gasteiger partial charge in [0.15, 0.2) is 0 Å². The number of rotatable bonds is 7. The highest BCUT2D eigenvalue weighted by molar-refractivity contribution is 5.12. The highest BCUT2D eigenvalue weighted by atomic mass is 16.3. The fourth-order valence-corrected chi connectivity index (χ4v) is 2.12. The van der Waals surface area contributed by atoms with E-state index in [4.69, 9.17) is 4.42 Å². The molecule has 0 aliphatic carbocycles. The molecule has 4 heteroatoms. The molecule has 0 saturated heterocycles. The summed E-state index contributed by atoms with van der Waals surface area (Å²) in [6, 6.07) is 4.47. The SMILES string of the molecule is CCCNC(CCc1ccnn1C)c1ccoc1. The lowest BCUT2D eigenvalue weighted by Gasteiger charge is -2.17.